The van der Waals surface area contributed by atoms with Gasteiger partial charge in [-0.3, -0.25) is 9.69 Å². The molecule has 0 aromatic rings. The van der Waals surface area contributed by atoms with E-state index in [0.29, 0.717) is 30.3 Å². The summed E-state index contributed by atoms with van der Waals surface area (Å²) in [6, 6.07) is 0.953. The number of carboxylic acids is 1. The van der Waals surface area contributed by atoms with Gasteiger partial charge in [-0.15, -0.1) is 0 Å². The lowest BCUT2D eigenvalue weighted by Gasteiger charge is -2.45. The van der Waals surface area contributed by atoms with Crippen LogP contribution in [0.3, 0.4) is 0 Å². The average Bonchev–Trinajstić information content (AvgIpc) is 2.15. The summed E-state index contributed by atoms with van der Waals surface area (Å²) in [7, 11) is 0. The van der Waals surface area contributed by atoms with Crippen LogP contribution in [0.4, 0.5) is 0 Å². The number of carboxylic acid groups (broad SMARTS) is 1. The van der Waals surface area contributed by atoms with Crippen LogP contribution in [0, 0.1) is 11.8 Å². The lowest BCUT2D eigenvalue weighted by Crippen LogP contribution is -2.51. The molecular weight excluding hydrogens is 202 g/mol. The van der Waals surface area contributed by atoms with Gasteiger partial charge in [0.2, 0.25) is 0 Å². The number of hydrogen-bond donors (Lipinski definition) is 1. The Labute approximate surface area is 98.8 Å². The summed E-state index contributed by atoms with van der Waals surface area (Å²) in [4.78, 5) is 13.4. The number of likely N-dealkylation sites (tertiary alicyclic amines) is 1. The molecule has 3 nitrogen and oxygen atoms in total. The number of nitrogens with zero attached hydrogens (tertiary/aromatic N) is 1. The van der Waals surface area contributed by atoms with Gasteiger partial charge in [0.1, 0.15) is 0 Å². The smallest absolute Gasteiger partial charge is 0.303 e. The van der Waals surface area contributed by atoms with Gasteiger partial charge in [-0.25, -0.2) is 0 Å². The zero-order chi connectivity index (χ0) is 12.3. The molecule has 0 bridgehead atoms. The zero-order valence-corrected chi connectivity index (χ0v) is 10.9. The van der Waals surface area contributed by atoms with Gasteiger partial charge >= 0.3 is 5.97 Å². The first-order chi connectivity index (χ1) is 7.43. The molecule has 0 aromatic heterocycles. The third-order valence-corrected chi connectivity index (χ3v) is 3.64. The first-order valence-corrected chi connectivity index (χ1v) is 6.41. The largest absolute Gasteiger partial charge is 0.481 e. The van der Waals surface area contributed by atoms with Crippen LogP contribution in [0.2, 0.25) is 0 Å². The van der Waals surface area contributed by atoms with Crippen LogP contribution in [0.15, 0.2) is 0 Å². The molecule has 94 valence electrons. The Balaban J connectivity index is 2.77. The quantitative estimate of drug-likeness (QED) is 0.802. The number of hydrogen-bond acceptors (Lipinski definition) is 2. The van der Waals surface area contributed by atoms with Crippen molar-refractivity contribution in [3.63, 3.8) is 0 Å². The molecule has 1 N–H and O–H groups in total. The summed E-state index contributed by atoms with van der Waals surface area (Å²) in [5, 5.41) is 8.97. The fourth-order valence-electron chi connectivity index (χ4n) is 3.10. The van der Waals surface area contributed by atoms with Gasteiger partial charge in [0.25, 0.3) is 0 Å². The molecule has 1 aliphatic rings. The summed E-state index contributed by atoms with van der Waals surface area (Å²) in [5.41, 5.74) is 0. The summed E-state index contributed by atoms with van der Waals surface area (Å²) >= 11 is 0. The lowest BCUT2D eigenvalue weighted by molar-refractivity contribution is -0.139. The molecule has 3 heteroatoms. The Kier molecular flexibility index (Phi) is 4.78. The van der Waals surface area contributed by atoms with Gasteiger partial charge in [0.05, 0.1) is 0 Å². The van der Waals surface area contributed by atoms with Gasteiger partial charge in [-0.1, -0.05) is 13.8 Å². The molecule has 1 saturated heterocycles. The maximum atomic E-state index is 10.9. The monoisotopic (exact) mass is 227 g/mol. The van der Waals surface area contributed by atoms with E-state index in [1.165, 1.54) is 0 Å². The molecule has 0 aromatic carbocycles. The van der Waals surface area contributed by atoms with E-state index >= 15 is 0 Å². The van der Waals surface area contributed by atoms with Crippen LogP contribution in [0.1, 0.15) is 47.0 Å². The average molecular weight is 227 g/mol. The maximum absolute atomic E-state index is 10.9. The first-order valence-electron chi connectivity index (χ1n) is 6.41. The predicted octanol–water partition coefficient (Wildman–Crippen LogP) is 2.61. The number of rotatable bonds is 4. The summed E-state index contributed by atoms with van der Waals surface area (Å²) in [5.74, 6) is 0.210. The molecule has 0 amide bonds. The standard InChI is InChI=1S/C13H25NO2/c1-9(2)13-11(8-12(15)16)6-5-7-14(13)10(3)4/h9-11,13H,5-8H2,1-4H3,(H,15,16)/t11-,13-/m1/s1. The molecule has 1 rings (SSSR count). The second-order valence-corrected chi connectivity index (χ2v) is 5.57. The van der Waals surface area contributed by atoms with Crippen LogP contribution < -0.4 is 0 Å². The highest BCUT2D eigenvalue weighted by Crippen LogP contribution is 2.32. The van der Waals surface area contributed by atoms with E-state index in [-0.39, 0.29) is 0 Å². The number of piperidine rings is 1. The van der Waals surface area contributed by atoms with Crippen molar-refractivity contribution in [1.82, 2.24) is 4.90 Å². The minimum Gasteiger partial charge on any atom is -0.481 e. The molecule has 1 fully saturated rings. The molecule has 1 heterocycles. The van der Waals surface area contributed by atoms with Gasteiger partial charge in [-0.2, -0.15) is 0 Å². The number of carbonyl (C=O) groups is 1. The zero-order valence-electron chi connectivity index (χ0n) is 10.9. The van der Waals surface area contributed by atoms with Crippen molar-refractivity contribution >= 4 is 5.97 Å². The SMILES string of the molecule is CC(C)[C@@H]1[C@@H](CC(=O)O)CCCN1C(C)C. The van der Waals surface area contributed by atoms with E-state index in [2.05, 4.69) is 32.6 Å². The van der Waals surface area contributed by atoms with Crippen molar-refractivity contribution in [3.8, 4) is 0 Å². The Morgan fingerprint density at radius 2 is 2.00 bits per heavy atom. The fourth-order valence-corrected chi connectivity index (χ4v) is 3.10. The van der Waals surface area contributed by atoms with Crippen LogP contribution in [0.25, 0.3) is 0 Å². The Morgan fingerprint density at radius 1 is 1.38 bits per heavy atom. The second kappa shape index (κ2) is 5.67. The molecule has 0 saturated carbocycles. The van der Waals surface area contributed by atoms with Crippen molar-refractivity contribution in [1.29, 1.82) is 0 Å². The summed E-state index contributed by atoms with van der Waals surface area (Å²) in [6.45, 7) is 9.95. The van der Waals surface area contributed by atoms with E-state index in [1.807, 2.05) is 0 Å². The van der Waals surface area contributed by atoms with E-state index in [4.69, 9.17) is 5.11 Å². The van der Waals surface area contributed by atoms with Gasteiger partial charge in [0.15, 0.2) is 0 Å². The van der Waals surface area contributed by atoms with E-state index in [1.54, 1.807) is 0 Å². The molecule has 0 aliphatic carbocycles. The summed E-state index contributed by atoms with van der Waals surface area (Å²) < 4.78 is 0. The maximum Gasteiger partial charge on any atom is 0.303 e. The second-order valence-electron chi connectivity index (χ2n) is 5.57. The van der Waals surface area contributed by atoms with Crippen LogP contribution in [0.5, 0.6) is 0 Å². The highest BCUT2D eigenvalue weighted by Gasteiger charge is 2.35. The lowest BCUT2D eigenvalue weighted by atomic mass is 9.80. The highest BCUT2D eigenvalue weighted by molar-refractivity contribution is 5.67. The van der Waals surface area contributed by atoms with E-state index < -0.39 is 5.97 Å². The van der Waals surface area contributed by atoms with Gasteiger partial charge in [0, 0.05) is 18.5 Å². The van der Waals surface area contributed by atoms with Gasteiger partial charge < -0.3 is 5.11 Å². The Hall–Kier alpha value is -0.570. The molecular formula is C13H25NO2. The topological polar surface area (TPSA) is 40.5 Å². The van der Waals surface area contributed by atoms with Crippen LogP contribution in [-0.4, -0.2) is 34.6 Å². The minimum absolute atomic E-state index is 0.325. The molecule has 1 aliphatic heterocycles. The third-order valence-electron chi connectivity index (χ3n) is 3.64. The number of aliphatic carboxylic acids is 1. The minimum atomic E-state index is -0.652. The first kappa shape index (κ1) is 13.5. The van der Waals surface area contributed by atoms with Crippen molar-refractivity contribution in [2.45, 2.75) is 59.0 Å². The Morgan fingerprint density at radius 3 is 2.44 bits per heavy atom. The van der Waals surface area contributed by atoms with Crippen molar-refractivity contribution in [2.75, 3.05) is 6.54 Å². The van der Waals surface area contributed by atoms with Crippen molar-refractivity contribution in [3.05, 3.63) is 0 Å². The predicted molar refractivity (Wildman–Crippen MR) is 65.4 cm³/mol. The normalized spacial score (nSPS) is 27.6. The third kappa shape index (κ3) is 3.21. The van der Waals surface area contributed by atoms with Crippen LogP contribution in [-0.2, 0) is 4.79 Å². The molecule has 0 radical (unpaired) electrons. The molecule has 0 unspecified atom stereocenters. The van der Waals surface area contributed by atoms with Crippen molar-refractivity contribution in [2.24, 2.45) is 11.8 Å². The molecule has 2 atom stereocenters. The molecule has 0 spiro atoms. The van der Waals surface area contributed by atoms with E-state index in [0.717, 1.165) is 19.4 Å². The fraction of sp³-hybridized carbons (Fsp3) is 0.923. The van der Waals surface area contributed by atoms with Crippen LogP contribution >= 0.6 is 0 Å². The molecule has 16 heavy (non-hydrogen) atoms. The van der Waals surface area contributed by atoms with E-state index in [9.17, 15) is 4.79 Å². The Bertz CT molecular complexity index is 238. The van der Waals surface area contributed by atoms with Gasteiger partial charge in [-0.05, 0) is 45.1 Å². The summed E-state index contributed by atoms with van der Waals surface area (Å²) in [6.07, 6.45) is 2.53. The highest BCUT2D eigenvalue weighted by atomic mass is 16.4. The van der Waals surface area contributed by atoms with Crippen molar-refractivity contribution < 1.29 is 9.90 Å².